The molecule has 0 saturated heterocycles. The van der Waals surface area contributed by atoms with Gasteiger partial charge in [0, 0.05) is 18.4 Å². The maximum absolute atomic E-state index is 6.38. The minimum atomic E-state index is -0.0720. The molecule has 2 aromatic carbocycles. The second-order valence-corrected chi connectivity index (χ2v) is 5.07. The molecule has 0 aliphatic carbocycles. The number of aryl methyl sites for hydroxylation is 1. The Kier molecular flexibility index (Phi) is 3.44. The number of fused-ring (bicyclic) bond motifs is 1. The van der Waals surface area contributed by atoms with Crippen LogP contribution in [0.25, 0.3) is 11.0 Å². The van der Waals surface area contributed by atoms with Gasteiger partial charge in [0.1, 0.15) is 0 Å². The van der Waals surface area contributed by atoms with Gasteiger partial charge in [0.2, 0.25) is 0 Å². The summed E-state index contributed by atoms with van der Waals surface area (Å²) < 4.78 is 0. The van der Waals surface area contributed by atoms with Crippen LogP contribution in [-0.4, -0.2) is 9.97 Å². The van der Waals surface area contributed by atoms with Crippen molar-refractivity contribution in [2.75, 3.05) is 0 Å². The lowest BCUT2D eigenvalue weighted by Crippen LogP contribution is -2.14. The molecule has 0 bridgehead atoms. The smallest absolute Gasteiger partial charge is 0.0934 e. The third-order valence-corrected chi connectivity index (χ3v) is 3.47. The SMILES string of the molecule is Cc1cccc(CC(N)c2cccc3nccnc23)c1. The van der Waals surface area contributed by atoms with Gasteiger partial charge >= 0.3 is 0 Å². The van der Waals surface area contributed by atoms with Gasteiger partial charge in [-0.3, -0.25) is 9.97 Å². The van der Waals surface area contributed by atoms with E-state index >= 15 is 0 Å². The highest BCUT2D eigenvalue weighted by Crippen LogP contribution is 2.22. The first kappa shape index (κ1) is 12.8. The Hall–Kier alpha value is -2.26. The highest BCUT2D eigenvalue weighted by Gasteiger charge is 2.12. The molecule has 1 heterocycles. The van der Waals surface area contributed by atoms with E-state index in [0.717, 1.165) is 23.0 Å². The molecule has 3 heteroatoms. The molecule has 3 rings (SSSR count). The van der Waals surface area contributed by atoms with Gasteiger partial charge in [0.15, 0.2) is 0 Å². The summed E-state index contributed by atoms with van der Waals surface area (Å²) in [4.78, 5) is 8.75. The van der Waals surface area contributed by atoms with Crippen LogP contribution in [0.15, 0.2) is 54.9 Å². The van der Waals surface area contributed by atoms with Gasteiger partial charge in [-0.1, -0.05) is 42.0 Å². The van der Waals surface area contributed by atoms with Crippen molar-refractivity contribution in [1.82, 2.24) is 9.97 Å². The summed E-state index contributed by atoms with van der Waals surface area (Å²) in [6.07, 6.45) is 4.22. The van der Waals surface area contributed by atoms with E-state index in [0.29, 0.717) is 0 Å². The van der Waals surface area contributed by atoms with E-state index in [2.05, 4.69) is 41.2 Å². The molecule has 3 aromatic rings. The van der Waals surface area contributed by atoms with Gasteiger partial charge in [-0.15, -0.1) is 0 Å². The Bertz CT molecular complexity index is 732. The van der Waals surface area contributed by atoms with Gasteiger partial charge in [-0.2, -0.15) is 0 Å². The fourth-order valence-corrected chi connectivity index (χ4v) is 2.52. The zero-order chi connectivity index (χ0) is 13.9. The first-order chi connectivity index (χ1) is 9.74. The summed E-state index contributed by atoms with van der Waals surface area (Å²) in [7, 11) is 0. The first-order valence-electron chi connectivity index (χ1n) is 6.75. The van der Waals surface area contributed by atoms with Crippen LogP contribution in [0.5, 0.6) is 0 Å². The lowest BCUT2D eigenvalue weighted by Gasteiger charge is -2.14. The first-order valence-corrected chi connectivity index (χ1v) is 6.75. The van der Waals surface area contributed by atoms with Crippen LogP contribution < -0.4 is 5.73 Å². The molecule has 1 aromatic heterocycles. The Morgan fingerprint density at radius 1 is 1.05 bits per heavy atom. The molecule has 0 amide bonds. The normalized spacial score (nSPS) is 12.5. The molecule has 0 aliphatic rings. The zero-order valence-corrected chi connectivity index (χ0v) is 11.5. The second-order valence-electron chi connectivity index (χ2n) is 5.07. The van der Waals surface area contributed by atoms with Gasteiger partial charge in [0.25, 0.3) is 0 Å². The number of benzene rings is 2. The number of nitrogens with zero attached hydrogens (tertiary/aromatic N) is 2. The van der Waals surface area contributed by atoms with Crippen molar-refractivity contribution in [2.24, 2.45) is 5.73 Å². The van der Waals surface area contributed by atoms with Crippen LogP contribution in [0, 0.1) is 6.92 Å². The highest BCUT2D eigenvalue weighted by molar-refractivity contribution is 5.78. The highest BCUT2D eigenvalue weighted by atomic mass is 14.8. The largest absolute Gasteiger partial charge is 0.324 e. The summed E-state index contributed by atoms with van der Waals surface area (Å²) in [6, 6.07) is 14.4. The van der Waals surface area contributed by atoms with E-state index in [1.54, 1.807) is 12.4 Å². The zero-order valence-electron chi connectivity index (χ0n) is 11.5. The van der Waals surface area contributed by atoms with Crippen LogP contribution in [0.4, 0.5) is 0 Å². The van der Waals surface area contributed by atoms with Gasteiger partial charge in [-0.25, -0.2) is 0 Å². The van der Waals surface area contributed by atoms with Crippen molar-refractivity contribution < 1.29 is 0 Å². The van der Waals surface area contributed by atoms with Crippen molar-refractivity contribution >= 4 is 11.0 Å². The molecule has 0 radical (unpaired) electrons. The van der Waals surface area contributed by atoms with Crippen molar-refractivity contribution in [3.63, 3.8) is 0 Å². The number of aromatic nitrogens is 2. The third-order valence-electron chi connectivity index (χ3n) is 3.47. The Labute approximate surface area is 118 Å². The van der Waals surface area contributed by atoms with E-state index in [4.69, 9.17) is 5.73 Å². The van der Waals surface area contributed by atoms with E-state index < -0.39 is 0 Å². The van der Waals surface area contributed by atoms with Crippen molar-refractivity contribution in [3.05, 3.63) is 71.5 Å². The monoisotopic (exact) mass is 263 g/mol. The Morgan fingerprint density at radius 3 is 2.70 bits per heavy atom. The third kappa shape index (κ3) is 2.53. The number of nitrogens with two attached hydrogens (primary N) is 1. The van der Waals surface area contributed by atoms with Crippen LogP contribution in [0.3, 0.4) is 0 Å². The molecule has 0 saturated carbocycles. The molecule has 0 spiro atoms. The maximum Gasteiger partial charge on any atom is 0.0934 e. The summed E-state index contributed by atoms with van der Waals surface area (Å²) in [5.74, 6) is 0. The molecular weight excluding hydrogens is 246 g/mol. The summed E-state index contributed by atoms with van der Waals surface area (Å²) in [5.41, 5.74) is 11.7. The molecule has 3 nitrogen and oxygen atoms in total. The van der Waals surface area contributed by atoms with Crippen molar-refractivity contribution in [1.29, 1.82) is 0 Å². The number of para-hydroxylation sites is 1. The Balaban J connectivity index is 1.94. The molecule has 20 heavy (non-hydrogen) atoms. The van der Waals surface area contributed by atoms with E-state index in [1.165, 1.54) is 11.1 Å². The topological polar surface area (TPSA) is 51.8 Å². The Morgan fingerprint density at radius 2 is 1.85 bits per heavy atom. The minimum Gasteiger partial charge on any atom is -0.324 e. The van der Waals surface area contributed by atoms with Crippen molar-refractivity contribution in [2.45, 2.75) is 19.4 Å². The number of hydrogen-bond acceptors (Lipinski definition) is 3. The number of rotatable bonds is 3. The van der Waals surface area contributed by atoms with Crippen molar-refractivity contribution in [3.8, 4) is 0 Å². The van der Waals surface area contributed by atoms with Gasteiger partial charge < -0.3 is 5.73 Å². The molecule has 0 fully saturated rings. The molecule has 100 valence electrons. The minimum absolute atomic E-state index is 0.0720. The second kappa shape index (κ2) is 5.39. The average Bonchev–Trinajstić information content (AvgIpc) is 2.46. The lowest BCUT2D eigenvalue weighted by molar-refractivity contribution is 0.725. The fraction of sp³-hybridized carbons (Fsp3) is 0.176. The predicted molar refractivity (Wildman–Crippen MR) is 81.3 cm³/mol. The molecule has 0 aliphatic heterocycles. The molecule has 1 unspecified atom stereocenters. The maximum atomic E-state index is 6.38. The quantitative estimate of drug-likeness (QED) is 0.789. The van der Waals surface area contributed by atoms with Crippen LogP contribution in [0.1, 0.15) is 22.7 Å². The summed E-state index contributed by atoms with van der Waals surface area (Å²) >= 11 is 0. The fourth-order valence-electron chi connectivity index (χ4n) is 2.52. The van der Waals surface area contributed by atoms with Gasteiger partial charge in [-0.05, 0) is 30.5 Å². The molecule has 1 atom stereocenters. The lowest BCUT2D eigenvalue weighted by atomic mass is 9.97. The summed E-state index contributed by atoms with van der Waals surface area (Å²) in [6.45, 7) is 2.10. The molecular formula is C17H17N3. The van der Waals surface area contributed by atoms with Gasteiger partial charge in [0.05, 0.1) is 11.0 Å². The van der Waals surface area contributed by atoms with Crippen LogP contribution in [-0.2, 0) is 6.42 Å². The van der Waals surface area contributed by atoms with E-state index in [9.17, 15) is 0 Å². The van der Waals surface area contributed by atoms with E-state index in [1.807, 2.05) is 18.2 Å². The molecule has 2 N–H and O–H groups in total. The predicted octanol–water partition coefficient (Wildman–Crippen LogP) is 3.18. The average molecular weight is 263 g/mol. The van der Waals surface area contributed by atoms with E-state index in [-0.39, 0.29) is 6.04 Å². The standard InChI is InChI=1S/C17H17N3/c1-12-4-2-5-13(10-12)11-15(18)14-6-3-7-16-17(14)20-9-8-19-16/h2-10,15H,11,18H2,1H3. The van der Waals surface area contributed by atoms with Crippen LogP contribution in [0.2, 0.25) is 0 Å². The van der Waals surface area contributed by atoms with Crippen LogP contribution >= 0.6 is 0 Å². The number of hydrogen-bond donors (Lipinski definition) is 1. The summed E-state index contributed by atoms with van der Waals surface area (Å²) in [5, 5.41) is 0.